The topological polar surface area (TPSA) is 117 Å². The molecule has 1 heterocycles. The maximum absolute atomic E-state index is 13.3. The first-order valence-electron chi connectivity index (χ1n) is 21.0. The van der Waals surface area contributed by atoms with Crippen LogP contribution in [0.25, 0.3) is 0 Å². The second kappa shape index (κ2) is 28.7. The van der Waals surface area contributed by atoms with Crippen molar-refractivity contribution in [3.05, 3.63) is 34.4 Å². The molecule has 0 radical (unpaired) electrons. The molecule has 0 spiro atoms. The minimum Gasteiger partial charge on any atom is -0.493 e. The summed E-state index contributed by atoms with van der Waals surface area (Å²) in [6.07, 6.45) is 25.3. The van der Waals surface area contributed by atoms with Gasteiger partial charge in [0.15, 0.2) is 5.71 Å². The van der Waals surface area contributed by atoms with E-state index in [1.54, 1.807) is 13.8 Å². The van der Waals surface area contributed by atoms with Crippen molar-refractivity contribution in [2.75, 3.05) is 19.8 Å². The molecule has 2 rings (SSSR count). The molecule has 0 saturated heterocycles. The summed E-state index contributed by atoms with van der Waals surface area (Å²) < 4.78 is 18.1. The van der Waals surface area contributed by atoms with Crippen LogP contribution >= 0.6 is 11.3 Å². The Morgan fingerprint density at radius 2 is 1.17 bits per heavy atom. The summed E-state index contributed by atoms with van der Waals surface area (Å²) >= 11 is 1.18. The van der Waals surface area contributed by atoms with Gasteiger partial charge >= 0.3 is 5.97 Å². The first kappa shape index (κ1) is 46.5. The number of rotatable bonds is 30. The Kier molecular flexibility index (Phi) is 24.7. The fraction of sp³-hybridized carbons (Fsp3) is 0.667. The van der Waals surface area contributed by atoms with Gasteiger partial charge in [0, 0.05) is 5.56 Å². The monoisotopic (exact) mass is 760 g/mol. The minimum atomic E-state index is -0.528. The third kappa shape index (κ3) is 17.2. The number of carbonyl (C=O) groups excluding carboxylic acids is 1. The molecule has 0 aliphatic carbocycles. The van der Waals surface area contributed by atoms with Gasteiger partial charge in [-0.1, -0.05) is 148 Å². The highest BCUT2D eigenvalue weighted by Crippen LogP contribution is 2.43. The van der Waals surface area contributed by atoms with Crippen molar-refractivity contribution in [3.63, 3.8) is 0 Å². The number of nitrogens with zero attached hydrogens (tertiary/aromatic N) is 4. The third-order valence-electron chi connectivity index (χ3n) is 9.59. The molecule has 2 aromatic rings. The molecule has 0 atom stereocenters. The van der Waals surface area contributed by atoms with Gasteiger partial charge in [-0.25, -0.2) is 14.8 Å². The van der Waals surface area contributed by atoms with Crippen LogP contribution in [0.3, 0.4) is 0 Å². The molecular weight excluding hydrogens is 693 g/mol. The Morgan fingerprint density at radius 3 is 1.63 bits per heavy atom. The van der Waals surface area contributed by atoms with Gasteiger partial charge in [-0.2, -0.15) is 10.5 Å². The summed E-state index contributed by atoms with van der Waals surface area (Å²) in [7, 11) is 0. The number of nitriles is 2. The largest absolute Gasteiger partial charge is 0.493 e. The number of carbonyl (C=O) groups is 1. The van der Waals surface area contributed by atoms with E-state index in [0.717, 1.165) is 31.2 Å². The van der Waals surface area contributed by atoms with Crippen molar-refractivity contribution in [2.45, 2.75) is 176 Å². The summed E-state index contributed by atoms with van der Waals surface area (Å²) in [6.45, 7) is 13.1. The molecular formula is C45H68N4O4S. The Hall–Kier alpha value is -3.69. The Balaban J connectivity index is 2.30. The smallest absolute Gasteiger partial charge is 0.341 e. The zero-order chi connectivity index (χ0) is 39.4. The number of thiophene rings is 1. The number of unbranched alkanes of at least 4 members (excludes halogenated alkanes) is 18. The van der Waals surface area contributed by atoms with E-state index in [9.17, 15) is 15.3 Å². The fourth-order valence-electron chi connectivity index (χ4n) is 6.44. The van der Waals surface area contributed by atoms with Crippen LogP contribution in [-0.4, -0.2) is 37.2 Å². The van der Waals surface area contributed by atoms with Crippen LogP contribution in [0.15, 0.2) is 22.1 Å². The van der Waals surface area contributed by atoms with Gasteiger partial charge in [-0.3, -0.25) is 0 Å². The lowest BCUT2D eigenvalue weighted by molar-refractivity contribution is 0.0526. The van der Waals surface area contributed by atoms with Crippen molar-refractivity contribution in [3.8, 4) is 23.6 Å². The van der Waals surface area contributed by atoms with Gasteiger partial charge in [0.2, 0.25) is 0 Å². The van der Waals surface area contributed by atoms with Gasteiger partial charge in [-0.15, -0.1) is 0 Å². The van der Waals surface area contributed by atoms with Crippen LogP contribution in [0.2, 0.25) is 0 Å². The molecule has 0 fully saturated rings. The van der Waals surface area contributed by atoms with Crippen LogP contribution < -0.4 is 9.47 Å². The maximum Gasteiger partial charge on any atom is 0.341 e. The van der Waals surface area contributed by atoms with E-state index >= 15 is 0 Å². The summed E-state index contributed by atoms with van der Waals surface area (Å²) in [5.74, 6) is 0.731. The van der Waals surface area contributed by atoms with E-state index in [1.807, 2.05) is 26.0 Å². The van der Waals surface area contributed by atoms with Gasteiger partial charge in [0.05, 0.1) is 25.4 Å². The van der Waals surface area contributed by atoms with Crippen molar-refractivity contribution in [1.29, 1.82) is 10.5 Å². The predicted molar refractivity (Wildman–Crippen MR) is 226 cm³/mol. The van der Waals surface area contributed by atoms with E-state index in [1.165, 1.54) is 114 Å². The van der Waals surface area contributed by atoms with Gasteiger partial charge in [0.25, 0.3) is 0 Å². The molecule has 0 bridgehead atoms. The minimum absolute atomic E-state index is 0.110. The maximum atomic E-state index is 13.3. The zero-order valence-corrected chi connectivity index (χ0v) is 35.3. The lowest BCUT2D eigenvalue weighted by Gasteiger charge is -2.16. The Labute approximate surface area is 331 Å². The molecule has 1 aromatic carbocycles. The molecule has 0 aliphatic heterocycles. The molecule has 0 unspecified atom stereocenters. The van der Waals surface area contributed by atoms with Crippen LogP contribution in [0.4, 0.5) is 10.0 Å². The van der Waals surface area contributed by atoms with Gasteiger partial charge in [-0.05, 0) is 57.7 Å². The van der Waals surface area contributed by atoms with Gasteiger partial charge < -0.3 is 14.2 Å². The van der Waals surface area contributed by atoms with Crippen LogP contribution in [0, 0.1) is 29.6 Å². The molecule has 298 valence electrons. The second-order valence-corrected chi connectivity index (χ2v) is 15.2. The zero-order valence-electron chi connectivity index (χ0n) is 34.5. The molecule has 0 aliphatic rings. The number of esters is 1. The lowest BCUT2D eigenvalue weighted by Crippen LogP contribution is -2.09. The van der Waals surface area contributed by atoms with Crippen LogP contribution in [-0.2, 0) is 11.2 Å². The van der Waals surface area contributed by atoms with Crippen molar-refractivity contribution in [2.24, 2.45) is 9.98 Å². The molecule has 0 N–H and O–H groups in total. The van der Waals surface area contributed by atoms with E-state index in [0.29, 0.717) is 52.3 Å². The van der Waals surface area contributed by atoms with Crippen molar-refractivity contribution >= 4 is 38.7 Å². The third-order valence-corrected chi connectivity index (χ3v) is 10.6. The average Bonchev–Trinajstić information content (AvgIpc) is 3.51. The second-order valence-electron chi connectivity index (χ2n) is 14.2. The predicted octanol–water partition coefficient (Wildman–Crippen LogP) is 13.7. The van der Waals surface area contributed by atoms with Crippen LogP contribution in [0.5, 0.6) is 11.5 Å². The highest BCUT2D eigenvalue weighted by atomic mass is 32.1. The van der Waals surface area contributed by atoms with Gasteiger partial charge in [0.1, 0.15) is 44.9 Å². The summed E-state index contributed by atoms with van der Waals surface area (Å²) in [4.78, 5) is 22.5. The molecule has 8 nitrogen and oxygen atoms in total. The number of aliphatic imine (C=N–C) groups is 2. The normalized spacial score (nSPS) is 11.7. The quantitative estimate of drug-likeness (QED) is 0.0444. The molecule has 1 aromatic heterocycles. The Bertz CT molecular complexity index is 1530. The van der Waals surface area contributed by atoms with Crippen molar-refractivity contribution in [1.82, 2.24) is 0 Å². The summed E-state index contributed by atoms with van der Waals surface area (Å²) in [5.41, 5.74) is 2.75. The molecule has 54 heavy (non-hydrogen) atoms. The lowest BCUT2D eigenvalue weighted by atomic mass is 10.0. The van der Waals surface area contributed by atoms with Crippen LogP contribution in [0.1, 0.15) is 190 Å². The first-order valence-corrected chi connectivity index (χ1v) is 21.8. The van der Waals surface area contributed by atoms with E-state index in [-0.39, 0.29) is 23.6 Å². The number of hydrogen-bond acceptors (Lipinski definition) is 9. The summed E-state index contributed by atoms with van der Waals surface area (Å²) in [6, 6.07) is 8.14. The van der Waals surface area contributed by atoms with Crippen molar-refractivity contribution < 1.29 is 19.0 Å². The SMILES string of the molecule is CCCCCCCCCCCCOc1cc(/C(C#N)=N/c2sc(/N=C(/C)C#N)c(CC)c2C(=O)OCC)c(OCCCCCCCCCCCC)cc1C. The highest BCUT2D eigenvalue weighted by Gasteiger charge is 2.25. The molecule has 9 heteroatoms. The average molecular weight is 761 g/mol. The van der Waals surface area contributed by atoms with E-state index < -0.39 is 5.97 Å². The number of benzene rings is 1. The molecule has 0 saturated carbocycles. The molecule has 0 amide bonds. The fourth-order valence-corrected chi connectivity index (χ4v) is 7.62. The standard InChI is InChI=1S/C45H68N4O4S/c1-7-11-13-15-17-19-21-23-25-27-29-52-40-32-38(41(31-35(40)5)53-30-28-26-24-22-20-18-16-14-12-8-2)39(34-47)49-44-42(45(50)51-10-4)37(9-3)43(54-44)48-36(6)33-46/h31-32H,7-30H2,1-6H3/b48-36-,49-39+. The number of ether oxygens (including phenoxy) is 3. The first-order chi connectivity index (χ1) is 26.3. The van der Waals surface area contributed by atoms with E-state index in [4.69, 9.17) is 19.2 Å². The highest BCUT2D eigenvalue weighted by molar-refractivity contribution is 7.20. The van der Waals surface area contributed by atoms with E-state index in [2.05, 4.69) is 31.0 Å². The number of hydrogen-bond donors (Lipinski definition) is 0. The Morgan fingerprint density at radius 1 is 0.667 bits per heavy atom. The number of aryl methyl sites for hydroxylation is 1. The summed E-state index contributed by atoms with van der Waals surface area (Å²) in [5, 5.41) is 20.8.